The van der Waals surface area contributed by atoms with Gasteiger partial charge in [-0.2, -0.15) is 14.9 Å². The van der Waals surface area contributed by atoms with E-state index in [1.165, 1.54) is 4.68 Å². The van der Waals surface area contributed by atoms with Crippen molar-refractivity contribution in [3.05, 3.63) is 35.7 Å². The maximum Gasteiger partial charge on any atom is 0.414 e. The van der Waals surface area contributed by atoms with Crippen molar-refractivity contribution >= 4 is 12.0 Å². The highest BCUT2D eigenvalue weighted by Gasteiger charge is 2.19. The van der Waals surface area contributed by atoms with Gasteiger partial charge in [0.25, 0.3) is 0 Å². The summed E-state index contributed by atoms with van der Waals surface area (Å²) in [5.74, 6) is 0.770. The third-order valence-electron chi connectivity index (χ3n) is 2.57. The summed E-state index contributed by atoms with van der Waals surface area (Å²) in [5, 5.41) is 15.6. The predicted molar refractivity (Wildman–Crippen MR) is 80.7 cm³/mol. The molecule has 0 aliphatic carbocycles. The molecule has 0 saturated heterocycles. The Kier molecular flexibility index (Phi) is 4.13. The van der Waals surface area contributed by atoms with E-state index in [2.05, 4.69) is 15.4 Å². The fourth-order valence-electron chi connectivity index (χ4n) is 1.75. The number of amides is 1. The van der Waals surface area contributed by atoms with Crippen molar-refractivity contribution in [1.29, 1.82) is 5.26 Å². The van der Waals surface area contributed by atoms with Crippen LogP contribution in [0.3, 0.4) is 0 Å². The number of aryl methyl sites for hydroxylation is 1. The van der Waals surface area contributed by atoms with Crippen molar-refractivity contribution < 1.29 is 9.53 Å². The Morgan fingerprint density at radius 3 is 2.50 bits per heavy atom. The molecule has 7 nitrogen and oxygen atoms in total. The van der Waals surface area contributed by atoms with Crippen LogP contribution in [0.5, 0.6) is 0 Å². The SMILES string of the molecule is Cc1nc(NC(=O)OC(C)(C)C)n(-c2ccc(C#N)cc2)n1. The third kappa shape index (κ3) is 3.82. The van der Waals surface area contributed by atoms with E-state index in [9.17, 15) is 4.79 Å². The highest BCUT2D eigenvalue weighted by molar-refractivity contribution is 5.83. The van der Waals surface area contributed by atoms with Crippen LogP contribution < -0.4 is 5.32 Å². The van der Waals surface area contributed by atoms with E-state index in [0.717, 1.165) is 0 Å². The van der Waals surface area contributed by atoms with Crippen LogP contribution in [0.15, 0.2) is 24.3 Å². The zero-order chi connectivity index (χ0) is 16.3. The molecule has 0 unspecified atom stereocenters. The molecule has 2 rings (SSSR count). The summed E-state index contributed by atoms with van der Waals surface area (Å²) in [6.07, 6.45) is -0.602. The first-order valence-electron chi connectivity index (χ1n) is 6.73. The van der Waals surface area contributed by atoms with Crippen LogP contribution in [-0.4, -0.2) is 26.5 Å². The Morgan fingerprint density at radius 2 is 1.95 bits per heavy atom. The molecule has 0 fully saturated rings. The predicted octanol–water partition coefficient (Wildman–Crippen LogP) is 2.79. The molecule has 0 spiro atoms. The van der Waals surface area contributed by atoms with Gasteiger partial charge in [-0.25, -0.2) is 4.79 Å². The van der Waals surface area contributed by atoms with Crippen molar-refractivity contribution in [3.8, 4) is 11.8 Å². The van der Waals surface area contributed by atoms with Gasteiger partial charge in [0.15, 0.2) is 0 Å². The summed E-state index contributed by atoms with van der Waals surface area (Å²) >= 11 is 0. The number of hydrogen-bond donors (Lipinski definition) is 1. The lowest BCUT2D eigenvalue weighted by molar-refractivity contribution is 0.0634. The maximum absolute atomic E-state index is 11.9. The number of anilines is 1. The Bertz CT molecular complexity index is 720. The molecule has 1 amide bonds. The number of nitrogens with one attached hydrogen (secondary N) is 1. The van der Waals surface area contributed by atoms with Crippen LogP contribution in [0.2, 0.25) is 0 Å². The van der Waals surface area contributed by atoms with Crippen LogP contribution in [0, 0.1) is 18.3 Å². The third-order valence-corrected chi connectivity index (χ3v) is 2.57. The number of carbonyl (C=O) groups is 1. The lowest BCUT2D eigenvalue weighted by Crippen LogP contribution is -2.28. The molecule has 1 aromatic heterocycles. The first-order valence-corrected chi connectivity index (χ1v) is 6.73. The van der Waals surface area contributed by atoms with Gasteiger partial charge in [-0.05, 0) is 52.0 Å². The van der Waals surface area contributed by atoms with E-state index in [0.29, 0.717) is 17.1 Å². The fourth-order valence-corrected chi connectivity index (χ4v) is 1.75. The minimum absolute atomic E-state index is 0.261. The molecule has 22 heavy (non-hydrogen) atoms. The molecular formula is C15H17N5O2. The van der Waals surface area contributed by atoms with Crippen LogP contribution >= 0.6 is 0 Å². The molecule has 0 aliphatic rings. The Balaban J connectivity index is 2.26. The molecule has 1 N–H and O–H groups in total. The van der Waals surface area contributed by atoms with E-state index in [1.807, 2.05) is 6.07 Å². The minimum Gasteiger partial charge on any atom is -0.444 e. The number of ether oxygens (including phenoxy) is 1. The average Bonchev–Trinajstić information content (AvgIpc) is 2.77. The highest BCUT2D eigenvalue weighted by Crippen LogP contribution is 2.16. The largest absolute Gasteiger partial charge is 0.444 e. The van der Waals surface area contributed by atoms with Crippen LogP contribution in [0.25, 0.3) is 5.69 Å². The molecular weight excluding hydrogens is 282 g/mol. The molecule has 0 bridgehead atoms. The van der Waals surface area contributed by atoms with Gasteiger partial charge in [0.1, 0.15) is 11.4 Å². The topological polar surface area (TPSA) is 92.8 Å². The lowest BCUT2D eigenvalue weighted by Gasteiger charge is -2.19. The van der Waals surface area contributed by atoms with E-state index < -0.39 is 11.7 Å². The van der Waals surface area contributed by atoms with Gasteiger partial charge >= 0.3 is 6.09 Å². The van der Waals surface area contributed by atoms with Gasteiger partial charge in [-0.3, -0.25) is 5.32 Å². The summed E-state index contributed by atoms with van der Waals surface area (Å²) in [4.78, 5) is 16.0. The highest BCUT2D eigenvalue weighted by atomic mass is 16.6. The Labute approximate surface area is 128 Å². The van der Waals surface area contributed by atoms with Crippen LogP contribution in [0.1, 0.15) is 32.2 Å². The molecule has 0 aliphatic heterocycles. The molecule has 7 heteroatoms. The van der Waals surface area contributed by atoms with Gasteiger partial charge in [0, 0.05) is 0 Å². The maximum atomic E-state index is 11.9. The summed E-state index contributed by atoms with van der Waals surface area (Å²) in [6, 6.07) is 8.85. The molecule has 1 aromatic carbocycles. The summed E-state index contributed by atoms with van der Waals surface area (Å²) in [7, 11) is 0. The number of hydrogen-bond acceptors (Lipinski definition) is 5. The van der Waals surface area contributed by atoms with E-state index in [-0.39, 0.29) is 5.95 Å². The van der Waals surface area contributed by atoms with Gasteiger partial charge in [-0.1, -0.05) is 0 Å². The first-order chi connectivity index (χ1) is 10.3. The van der Waals surface area contributed by atoms with Crippen molar-refractivity contribution in [3.63, 3.8) is 0 Å². The smallest absolute Gasteiger partial charge is 0.414 e. The number of aromatic nitrogens is 3. The second kappa shape index (κ2) is 5.85. The second-order valence-electron chi connectivity index (χ2n) is 5.68. The number of nitriles is 1. The van der Waals surface area contributed by atoms with E-state index in [4.69, 9.17) is 10.00 Å². The zero-order valence-corrected chi connectivity index (χ0v) is 12.9. The van der Waals surface area contributed by atoms with Crippen LogP contribution in [0.4, 0.5) is 10.7 Å². The van der Waals surface area contributed by atoms with Crippen molar-refractivity contribution in [2.75, 3.05) is 5.32 Å². The van der Waals surface area contributed by atoms with Crippen molar-refractivity contribution in [1.82, 2.24) is 14.8 Å². The summed E-state index contributed by atoms with van der Waals surface area (Å²) in [6.45, 7) is 7.07. The van der Waals surface area contributed by atoms with E-state index in [1.54, 1.807) is 52.0 Å². The standard InChI is InChI=1S/C15H17N5O2/c1-10-17-13(18-14(21)22-15(2,3)4)20(19-10)12-7-5-11(9-16)6-8-12/h5-8H,1-4H3,(H,17,18,19,21). The van der Waals surface area contributed by atoms with Crippen LogP contribution in [-0.2, 0) is 4.74 Å². The quantitative estimate of drug-likeness (QED) is 0.920. The Hall–Kier alpha value is -2.88. The summed E-state index contributed by atoms with van der Waals surface area (Å²) in [5.41, 5.74) is 0.631. The Morgan fingerprint density at radius 1 is 1.32 bits per heavy atom. The van der Waals surface area contributed by atoms with Gasteiger partial charge < -0.3 is 4.74 Å². The zero-order valence-electron chi connectivity index (χ0n) is 12.9. The lowest BCUT2D eigenvalue weighted by atomic mass is 10.2. The molecule has 0 atom stereocenters. The van der Waals surface area contributed by atoms with Gasteiger partial charge in [0.2, 0.25) is 5.95 Å². The van der Waals surface area contributed by atoms with Crippen molar-refractivity contribution in [2.45, 2.75) is 33.3 Å². The molecule has 114 valence electrons. The minimum atomic E-state index is -0.602. The first kappa shape index (κ1) is 15.5. The number of benzene rings is 1. The normalized spacial score (nSPS) is 10.9. The average molecular weight is 299 g/mol. The second-order valence-corrected chi connectivity index (χ2v) is 5.68. The molecule has 0 saturated carbocycles. The number of nitrogens with zero attached hydrogens (tertiary/aromatic N) is 4. The monoisotopic (exact) mass is 299 g/mol. The van der Waals surface area contributed by atoms with Gasteiger partial charge in [-0.15, -0.1) is 5.10 Å². The van der Waals surface area contributed by atoms with Gasteiger partial charge in [0.05, 0.1) is 17.3 Å². The molecule has 0 radical (unpaired) electrons. The molecule has 2 aromatic rings. The van der Waals surface area contributed by atoms with Crippen molar-refractivity contribution in [2.24, 2.45) is 0 Å². The molecule has 1 heterocycles. The number of carbonyl (C=O) groups excluding carboxylic acids is 1. The summed E-state index contributed by atoms with van der Waals surface area (Å²) < 4.78 is 6.69. The van der Waals surface area contributed by atoms with E-state index >= 15 is 0 Å². The fraction of sp³-hybridized carbons (Fsp3) is 0.333. The number of rotatable bonds is 2.